The maximum absolute atomic E-state index is 11.9. The first kappa shape index (κ1) is 12.3. The summed E-state index contributed by atoms with van der Waals surface area (Å²) in [5.41, 5.74) is 6.12. The molecule has 0 bridgehead atoms. The number of halogens is 1. The molecule has 1 unspecified atom stereocenters. The maximum atomic E-state index is 11.9. The second-order valence-corrected chi connectivity index (χ2v) is 4.80. The van der Waals surface area contributed by atoms with Crippen molar-refractivity contribution in [3.8, 4) is 0 Å². The Balaban J connectivity index is 2.02. The van der Waals surface area contributed by atoms with Crippen LogP contribution in [0, 0.1) is 0 Å². The number of aromatic nitrogens is 1. The van der Waals surface area contributed by atoms with Gasteiger partial charge >= 0.3 is 0 Å². The van der Waals surface area contributed by atoms with E-state index in [0.29, 0.717) is 22.6 Å². The van der Waals surface area contributed by atoms with Crippen LogP contribution in [-0.2, 0) is 9.53 Å². The fraction of sp³-hybridized carbons (Fsp3) is 0.455. The molecule has 0 spiro atoms. The summed E-state index contributed by atoms with van der Waals surface area (Å²) in [6.45, 7) is 0.647. The number of pyridine rings is 1. The molecule has 0 radical (unpaired) electrons. The Kier molecular flexibility index (Phi) is 3.96. The van der Waals surface area contributed by atoms with Crippen molar-refractivity contribution in [2.45, 2.75) is 25.4 Å². The minimum Gasteiger partial charge on any atom is -0.397 e. The zero-order valence-corrected chi connectivity index (χ0v) is 10.9. The molecule has 2 heterocycles. The number of nitrogens with two attached hydrogens (primary N) is 1. The quantitative estimate of drug-likeness (QED) is 0.875. The van der Waals surface area contributed by atoms with E-state index in [4.69, 9.17) is 10.5 Å². The zero-order chi connectivity index (χ0) is 12.3. The van der Waals surface area contributed by atoms with Crippen molar-refractivity contribution < 1.29 is 9.53 Å². The summed E-state index contributed by atoms with van der Waals surface area (Å²) in [7, 11) is 0. The molecule has 0 saturated carbocycles. The van der Waals surface area contributed by atoms with Gasteiger partial charge in [0, 0.05) is 6.61 Å². The van der Waals surface area contributed by atoms with E-state index in [-0.39, 0.29) is 12.0 Å². The molecule has 1 aromatic heterocycles. The average Bonchev–Trinajstić information content (AvgIpc) is 2.34. The highest BCUT2D eigenvalue weighted by atomic mass is 79.9. The number of nitrogens with zero attached hydrogens (tertiary/aromatic N) is 1. The molecule has 5 nitrogen and oxygen atoms in total. The van der Waals surface area contributed by atoms with E-state index >= 15 is 0 Å². The molecule has 17 heavy (non-hydrogen) atoms. The molecule has 1 aliphatic heterocycles. The Hall–Kier alpha value is -1.14. The second kappa shape index (κ2) is 5.46. The molecule has 1 aliphatic rings. The van der Waals surface area contributed by atoms with Crippen LogP contribution in [0.25, 0.3) is 0 Å². The zero-order valence-electron chi connectivity index (χ0n) is 9.28. The van der Waals surface area contributed by atoms with Crippen molar-refractivity contribution in [3.63, 3.8) is 0 Å². The van der Waals surface area contributed by atoms with Crippen LogP contribution in [0.5, 0.6) is 0 Å². The van der Waals surface area contributed by atoms with Crippen LogP contribution in [0.4, 0.5) is 11.5 Å². The normalized spacial score (nSPS) is 19.9. The number of hydrogen-bond donors (Lipinski definition) is 2. The van der Waals surface area contributed by atoms with Crippen LogP contribution in [0.1, 0.15) is 19.3 Å². The van der Waals surface area contributed by atoms with E-state index in [0.717, 1.165) is 19.3 Å². The Morgan fingerprint density at radius 3 is 3.06 bits per heavy atom. The Morgan fingerprint density at radius 1 is 1.59 bits per heavy atom. The summed E-state index contributed by atoms with van der Waals surface area (Å²) < 4.78 is 6.06. The van der Waals surface area contributed by atoms with Gasteiger partial charge in [-0.25, -0.2) is 4.98 Å². The van der Waals surface area contributed by atoms with Gasteiger partial charge < -0.3 is 15.8 Å². The van der Waals surface area contributed by atoms with Crippen molar-refractivity contribution in [3.05, 3.63) is 16.7 Å². The summed E-state index contributed by atoms with van der Waals surface area (Å²) in [4.78, 5) is 15.9. The highest BCUT2D eigenvalue weighted by molar-refractivity contribution is 9.10. The maximum Gasteiger partial charge on any atom is 0.254 e. The van der Waals surface area contributed by atoms with Crippen molar-refractivity contribution in [2.24, 2.45) is 0 Å². The van der Waals surface area contributed by atoms with Crippen molar-refractivity contribution >= 4 is 33.3 Å². The van der Waals surface area contributed by atoms with Gasteiger partial charge in [0.2, 0.25) is 0 Å². The van der Waals surface area contributed by atoms with Gasteiger partial charge in [0.25, 0.3) is 5.91 Å². The van der Waals surface area contributed by atoms with Gasteiger partial charge in [-0.1, -0.05) is 0 Å². The van der Waals surface area contributed by atoms with Crippen LogP contribution in [-0.4, -0.2) is 23.6 Å². The van der Waals surface area contributed by atoms with E-state index in [1.54, 1.807) is 6.07 Å². The molecule has 0 aliphatic carbocycles. The number of amides is 1. The van der Waals surface area contributed by atoms with E-state index in [2.05, 4.69) is 26.2 Å². The first-order valence-electron chi connectivity index (χ1n) is 5.50. The number of anilines is 2. The van der Waals surface area contributed by atoms with Crippen molar-refractivity contribution in [1.82, 2.24) is 4.98 Å². The molecule has 3 N–H and O–H groups in total. The first-order valence-corrected chi connectivity index (χ1v) is 6.29. The smallest absolute Gasteiger partial charge is 0.254 e. The molecule has 6 heteroatoms. The lowest BCUT2D eigenvalue weighted by atomic mass is 10.1. The molecule has 1 atom stereocenters. The summed E-state index contributed by atoms with van der Waals surface area (Å²) >= 11 is 3.30. The van der Waals surface area contributed by atoms with Gasteiger partial charge in [0.1, 0.15) is 11.9 Å². The number of nitrogens with one attached hydrogen (secondary N) is 1. The lowest BCUT2D eigenvalue weighted by molar-refractivity contribution is -0.130. The summed E-state index contributed by atoms with van der Waals surface area (Å²) in [6, 6.07) is 1.70. The molecule has 2 rings (SSSR count). The highest BCUT2D eigenvalue weighted by Gasteiger charge is 2.22. The monoisotopic (exact) mass is 299 g/mol. The summed E-state index contributed by atoms with van der Waals surface area (Å²) in [5.74, 6) is 0.320. The fourth-order valence-electron chi connectivity index (χ4n) is 1.69. The van der Waals surface area contributed by atoms with Crippen LogP contribution in [0.2, 0.25) is 0 Å². The predicted octanol–water partition coefficient (Wildman–Crippen LogP) is 1.93. The van der Waals surface area contributed by atoms with E-state index in [1.807, 2.05) is 0 Å². The van der Waals surface area contributed by atoms with Crippen LogP contribution >= 0.6 is 15.9 Å². The predicted molar refractivity (Wildman–Crippen MR) is 68.6 cm³/mol. The van der Waals surface area contributed by atoms with Crippen LogP contribution in [0.15, 0.2) is 16.7 Å². The minimum absolute atomic E-state index is 0.150. The molecule has 1 aromatic rings. The first-order chi connectivity index (χ1) is 8.16. The number of hydrogen-bond acceptors (Lipinski definition) is 4. The SMILES string of the molecule is Nc1cnc(NC(=O)C2CCCCO2)c(Br)c1. The largest absolute Gasteiger partial charge is 0.397 e. The van der Waals surface area contributed by atoms with Gasteiger partial charge in [0.05, 0.1) is 16.4 Å². The number of nitrogen functional groups attached to an aromatic ring is 1. The Bertz CT molecular complexity index is 419. The van der Waals surface area contributed by atoms with Crippen LogP contribution < -0.4 is 11.1 Å². The molecular formula is C11H14BrN3O2. The molecule has 0 aromatic carbocycles. The molecule has 92 valence electrons. The van der Waals surface area contributed by atoms with E-state index in [1.165, 1.54) is 6.20 Å². The fourth-order valence-corrected chi connectivity index (χ4v) is 2.16. The third-order valence-corrected chi connectivity index (χ3v) is 3.18. The van der Waals surface area contributed by atoms with E-state index in [9.17, 15) is 4.79 Å². The lowest BCUT2D eigenvalue weighted by Gasteiger charge is -2.21. The van der Waals surface area contributed by atoms with Gasteiger partial charge in [-0.3, -0.25) is 4.79 Å². The van der Waals surface area contributed by atoms with Gasteiger partial charge in [0.15, 0.2) is 0 Å². The van der Waals surface area contributed by atoms with Crippen molar-refractivity contribution in [2.75, 3.05) is 17.7 Å². The third kappa shape index (κ3) is 3.17. The van der Waals surface area contributed by atoms with Gasteiger partial charge in [-0.15, -0.1) is 0 Å². The van der Waals surface area contributed by atoms with E-state index < -0.39 is 0 Å². The molecule has 1 fully saturated rings. The average molecular weight is 300 g/mol. The number of carbonyl (C=O) groups is 1. The summed E-state index contributed by atoms with van der Waals surface area (Å²) in [5, 5.41) is 2.73. The highest BCUT2D eigenvalue weighted by Crippen LogP contribution is 2.23. The number of ether oxygens (including phenoxy) is 1. The second-order valence-electron chi connectivity index (χ2n) is 3.94. The summed E-state index contributed by atoms with van der Waals surface area (Å²) in [6.07, 6.45) is 3.94. The van der Waals surface area contributed by atoms with Gasteiger partial charge in [-0.05, 0) is 41.3 Å². The standard InChI is InChI=1S/C11H14BrN3O2/c12-8-5-7(13)6-14-10(8)15-11(16)9-3-1-2-4-17-9/h5-6,9H,1-4,13H2,(H,14,15,16). The van der Waals surface area contributed by atoms with Gasteiger partial charge in [-0.2, -0.15) is 0 Å². The Morgan fingerprint density at radius 2 is 2.41 bits per heavy atom. The Labute approximate surface area is 108 Å². The topological polar surface area (TPSA) is 77.2 Å². The van der Waals surface area contributed by atoms with Crippen molar-refractivity contribution in [1.29, 1.82) is 0 Å². The van der Waals surface area contributed by atoms with Crippen LogP contribution in [0.3, 0.4) is 0 Å². The number of rotatable bonds is 2. The third-order valence-electron chi connectivity index (χ3n) is 2.58. The lowest BCUT2D eigenvalue weighted by Crippen LogP contribution is -2.33. The number of carbonyl (C=O) groups excluding carboxylic acids is 1. The minimum atomic E-state index is -0.366. The molecule has 1 amide bonds. The molecular weight excluding hydrogens is 286 g/mol. The molecule has 1 saturated heterocycles.